The molecular formula is C16H24N2O3. The number of nitrogens with zero attached hydrogens (tertiary/aromatic N) is 1. The Morgan fingerprint density at radius 3 is 2.76 bits per heavy atom. The predicted octanol–water partition coefficient (Wildman–Crippen LogP) is 1.62. The van der Waals surface area contributed by atoms with Crippen molar-refractivity contribution < 1.29 is 14.6 Å². The van der Waals surface area contributed by atoms with Crippen molar-refractivity contribution in [2.24, 2.45) is 0 Å². The molecule has 1 fully saturated rings. The normalized spacial score (nSPS) is 23.0. The lowest BCUT2D eigenvalue weighted by Gasteiger charge is -2.35. The molecule has 5 heteroatoms. The van der Waals surface area contributed by atoms with E-state index in [4.69, 9.17) is 4.74 Å². The number of ether oxygens (including phenoxy) is 1. The minimum absolute atomic E-state index is 0.110. The molecule has 2 atom stereocenters. The SMILES string of the molecule is CC1CN(CCCNC(=O)c2cccc(O)c2)CC(C)O1. The second kappa shape index (κ2) is 7.43. The van der Waals surface area contributed by atoms with Crippen LogP contribution in [0.1, 0.15) is 30.6 Å². The molecule has 0 aliphatic carbocycles. The number of hydrogen-bond acceptors (Lipinski definition) is 4. The second-order valence-electron chi connectivity index (χ2n) is 5.68. The first-order valence-electron chi connectivity index (χ1n) is 7.49. The van der Waals surface area contributed by atoms with Crippen molar-refractivity contribution in [1.82, 2.24) is 10.2 Å². The molecule has 2 N–H and O–H groups in total. The topological polar surface area (TPSA) is 61.8 Å². The van der Waals surface area contributed by atoms with Crippen LogP contribution in [0, 0.1) is 0 Å². The Morgan fingerprint density at radius 2 is 2.10 bits per heavy atom. The number of hydrogen-bond donors (Lipinski definition) is 2. The molecule has 0 aromatic heterocycles. The zero-order valence-corrected chi connectivity index (χ0v) is 12.7. The standard InChI is InChI=1S/C16H24N2O3/c1-12-10-18(11-13(2)21-12)8-4-7-17-16(20)14-5-3-6-15(19)9-14/h3,5-6,9,12-13,19H,4,7-8,10-11H2,1-2H3,(H,17,20). The van der Waals surface area contributed by atoms with Crippen molar-refractivity contribution in [3.05, 3.63) is 29.8 Å². The summed E-state index contributed by atoms with van der Waals surface area (Å²) in [7, 11) is 0. The zero-order valence-electron chi connectivity index (χ0n) is 12.7. The lowest BCUT2D eigenvalue weighted by atomic mass is 10.2. The van der Waals surface area contributed by atoms with Crippen LogP contribution in [0.3, 0.4) is 0 Å². The van der Waals surface area contributed by atoms with Gasteiger partial charge in [0.25, 0.3) is 5.91 Å². The molecule has 1 saturated heterocycles. The van der Waals surface area contributed by atoms with Gasteiger partial charge < -0.3 is 15.2 Å². The fourth-order valence-corrected chi connectivity index (χ4v) is 2.72. The average Bonchev–Trinajstić information content (AvgIpc) is 2.42. The Balaban J connectivity index is 1.69. The van der Waals surface area contributed by atoms with E-state index in [2.05, 4.69) is 24.1 Å². The van der Waals surface area contributed by atoms with Gasteiger partial charge in [-0.05, 0) is 38.5 Å². The maximum absolute atomic E-state index is 11.9. The molecule has 1 heterocycles. The number of nitrogens with one attached hydrogen (secondary N) is 1. The van der Waals surface area contributed by atoms with Crippen LogP contribution in [0.25, 0.3) is 0 Å². The largest absolute Gasteiger partial charge is 0.508 e. The molecular weight excluding hydrogens is 268 g/mol. The van der Waals surface area contributed by atoms with Crippen molar-refractivity contribution in [1.29, 1.82) is 0 Å². The van der Waals surface area contributed by atoms with Gasteiger partial charge >= 0.3 is 0 Å². The van der Waals surface area contributed by atoms with E-state index in [1.165, 1.54) is 6.07 Å². The number of carbonyl (C=O) groups excluding carboxylic acids is 1. The predicted molar refractivity (Wildman–Crippen MR) is 81.5 cm³/mol. The third-order valence-electron chi connectivity index (χ3n) is 3.54. The van der Waals surface area contributed by atoms with Crippen LogP contribution in [0.4, 0.5) is 0 Å². The first kappa shape index (κ1) is 15.8. The number of rotatable bonds is 5. The van der Waals surface area contributed by atoms with E-state index in [0.717, 1.165) is 26.1 Å². The van der Waals surface area contributed by atoms with E-state index >= 15 is 0 Å². The minimum Gasteiger partial charge on any atom is -0.508 e. The van der Waals surface area contributed by atoms with Crippen LogP contribution < -0.4 is 5.32 Å². The van der Waals surface area contributed by atoms with Gasteiger partial charge in [0.15, 0.2) is 0 Å². The number of carbonyl (C=O) groups is 1. The molecule has 1 aromatic rings. The number of benzene rings is 1. The van der Waals surface area contributed by atoms with E-state index in [-0.39, 0.29) is 23.9 Å². The number of aromatic hydroxyl groups is 1. The highest BCUT2D eigenvalue weighted by atomic mass is 16.5. The zero-order chi connectivity index (χ0) is 15.2. The van der Waals surface area contributed by atoms with Crippen LogP contribution in [-0.2, 0) is 4.74 Å². The van der Waals surface area contributed by atoms with Gasteiger partial charge in [-0.1, -0.05) is 6.07 Å². The third kappa shape index (κ3) is 5.02. The minimum atomic E-state index is -0.144. The van der Waals surface area contributed by atoms with Gasteiger partial charge in [0.1, 0.15) is 5.75 Å². The fourth-order valence-electron chi connectivity index (χ4n) is 2.72. The molecule has 1 amide bonds. The maximum atomic E-state index is 11.9. The highest BCUT2D eigenvalue weighted by molar-refractivity contribution is 5.94. The summed E-state index contributed by atoms with van der Waals surface area (Å²) in [5, 5.41) is 12.2. The highest BCUT2D eigenvalue weighted by Gasteiger charge is 2.21. The van der Waals surface area contributed by atoms with Gasteiger partial charge in [-0.3, -0.25) is 9.69 Å². The number of phenolic OH excluding ortho intramolecular Hbond substituents is 1. The van der Waals surface area contributed by atoms with Gasteiger partial charge in [-0.2, -0.15) is 0 Å². The van der Waals surface area contributed by atoms with Crippen molar-refractivity contribution in [3.63, 3.8) is 0 Å². The Labute approximate surface area is 125 Å². The van der Waals surface area contributed by atoms with Gasteiger partial charge in [0.05, 0.1) is 12.2 Å². The number of phenols is 1. The molecule has 0 spiro atoms. The summed E-state index contributed by atoms with van der Waals surface area (Å²) >= 11 is 0. The highest BCUT2D eigenvalue weighted by Crippen LogP contribution is 2.11. The van der Waals surface area contributed by atoms with Gasteiger partial charge in [-0.15, -0.1) is 0 Å². The lowest BCUT2D eigenvalue weighted by Crippen LogP contribution is -2.46. The van der Waals surface area contributed by atoms with E-state index < -0.39 is 0 Å². The van der Waals surface area contributed by atoms with Crippen LogP contribution >= 0.6 is 0 Å². The smallest absolute Gasteiger partial charge is 0.251 e. The lowest BCUT2D eigenvalue weighted by molar-refractivity contribution is -0.0679. The summed E-state index contributed by atoms with van der Waals surface area (Å²) in [5.41, 5.74) is 0.489. The summed E-state index contributed by atoms with van der Waals surface area (Å²) in [6, 6.07) is 6.39. The van der Waals surface area contributed by atoms with Crippen LogP contribution in [0.15, 0.2) is 24.3 Å². The summed E-state index contributed by atoms with van der Waals surface area (Å²) < 4.78 is 5.69. The molecule has 0 radical (unpaired) electrons. The molecule has 116 valence electrons. The molecule has 21 heavy (non-hydrogen) atoms. The molecule has 1 aliphatic heterocycles. The molecule has 1 aromatic carbocycles. The Hall–Kier alpha value is -1.59. The van der Waals surface area contributed by atoms with Crippen LogP contribution in [0.2, 0.25) is 0 Å². The summed E-state index contributed by atoms with van der Waals surface area (Å²) in [5.74, 6) is -0.0337. The van der Waals surface area contributed by atoms with Gasteiger partial charge in [0, 0.05) is 31.7 Å². The maximum Gasteiger partial charge on any atom is 0.251 e. The third-order valence-corrected chi connectivity index (χ3v) is 3.54. The van der Waals surface area contributed by atoms with Crippen LogP contribution in [0.5, 0.6) is 5.75 Å². The first-order valence-corrected chi connectivity index (χ1v) is 7.49. The van der Waals surface area contributed by atoms with E-state index in [9.17, 15) is 9.90 Å². The molecule has 0 saturated carbocycles. The van der Waals surface area contributed by atoms with Crippen LogP contribution in [-0.4, -0.2) is 54.3 Å². The Bertz CT molecular complexity index is 468. The van der Waals surface area contributed by atoms with Crippen molar-refractivity contribution in [3.8, 4) is 5.75 Å². The summed E-state index contributed by atoms with van der Waals surface area (Å²) in [4.78, 5) is 14.3. The summed E-state index contributed by atoms with van der Waals surface area (Å²) in [6.07, 6.45) is 1.45. The molecule has 5 nitrogen and oxygen atoms in total. The van der Waals surface area contributed by atoms with E-state index in [0.29, 0.717) is 12.1 Å². The molecule has 2 rings (SSSR count). The quantitative estimate of drug-likeness (QED) is 0.810. The van der Waals surface area contributed by atoms with Crippen molar-refractivity contribution in [2.75, 3.05) is 26.2 Å². The summed E-state index contributed by atoms with van der Waals surface area (Å²) in [6.45, 7) is 7.67. The van der Waals surface area contributed by atoms with Crippen molar-refractivity contribution >= 4 is 5.91 Å². The fraction of sp³-hybridized carbons (Fsp3) is 0.562. The monoisotopic (exact) mass is 292 g/mol. The van der Waals surface area contributed by atoms with E-state index in [1.807, 2.05) is 0 Å². The number of amides is 1. The van der Waals surface area contributed by atoms with E-state index in [1.54, 1.807) is 18.2 Å². The molecule has 2 unspecified atom stereocenters. The molecule has 1 aliphatic rings. The second-order valence-corrected chi connectivity index (χ2v) is 5.68. The van der Waals surface area contributed by atoms with Gasteiger partial charge in [0.2, 0.25) is 0 Å². The first-order chi connectivity index (χ1) is 10.0. The molecule has 0 bridgehead atoms. The number of morpholine rings is 1. The van der Waals surface area contributed by atoms with Crippen molar-refractivity contribution in [2.45, 2.75) is 32.5 Å². The average molecular weight is 292 g/mol. The Morgan fingerprint density at radius 1 is 1.38 bits per heavy atom. The van der Waals surface area contributed by atoms with Gasteiger partial charge in [-0.25, -0.2) is 0 Å². The Kier molecular flexibility index (Phi) is 5.59.